The van der Waals surface area contributed by atoms with E-state index in [0.717, 1.165) is 35.9 Å². The fourth-order valence-electron chi connectivity index (χ4n) is 3.57. The van der Waals surface area contributed by atoms with Gasteiger partial charge in [0.1, 0.15) is 6.54 Å². The fourth-order valence-corrected chi connectivity index (χ4v) is 4.61. The number of ether oxygens (including phenoxy) is 3. The van der Waals surface area contributed by atoms with Crippen LogP contribution in [0, 0.1) is 5.92 Å². The first-order chi connectivity index (χ1) is 13.2. The molecule has 0 radical (unpaired) electrons. The Bertz CT molecular complexity index is 939. The van der Waals surface area contributed by atoms with Crippen LogP contribution in [0.5, 0.6) is 11.5 Å². The first kappa shape index (κ1) is 18.0. The molecule has 1 aromatic carbocycles. The number of benzene rings is 1. The van der Waals surface area contributed by atoms with Crippen LogP contribution in [0.3, 0.4) is 0 Å². The molecule has 4 rings (SSSR count). The molecule has 1 aliphatic heterocycles. The maximum Gasteiger partial charge on any atom is 0.326 e. The molecule has 1 aromatic heterocycles. The number of amides is 1. The molecule has 1 saturated carbocycles. The lowest BCUT2D eigenvalue weighted by Crippen LogP contribution is -2.25. The van der Waals surface area contributed by atoms with Crippen molar-refractivity contribution in [2.24, 2.45) is 10.9 Å². The number of carbonyl (C=O) groups is 2. The number of hydrogen-bond donors (Lipinski definition) is 0. The maximum atomic E-state index is 12.7. The molecule has 1 aliphatic carbocycles. The Morgan fingerprint density at radius 3 is 2.70 bits per heavy atom. The summed E-state index contributed by atoms with van der Waals surface area (Å²) in [5.41, 5.74) is 0.785. The van der Waals surface area contributed by atoms with Crippen molar-refractivity contribution in [2.75, 3.05) is 13.4 Å². The minimum Gasteiger partial charge on any atom is -0.465 e. The van der Waals surface area contributed by atoms with Crippen molar-refractivity contribution < 1.29 is 23.8 Å². The van der Waals surface area contributed by atoms with Crippen LogP contribution < -0.4 is 14.3 Å². The monoisotopic (exact) mass is 390 g/mol. The van der Waals surface area contributed by atoms with Crippen LogP contribution in [0.1, 0.15) is 39.0 Å². The number of aromatic nitrogens is 1. The van der Waals surface area contributed by atoms with E-state index in [1.807, 2.05) is 12.1 Å². The molecular formula is C19H22N2O5S. The van der Waals surface area contributed by atoms with E-state index in [9.17, 15) is 9.59 Å². The molecule has 0 saturated heterocycles. The Kier molecular flexibility index (Phi) is 5.15. The summed E-state index contributed by atoms with van der Waals surface area (Å²) < 4.78 is 18.6. The smallest absolute Gasteiger partial charge is 0.326 e. The SMILES string of the molecule is CCOC(=O)Cn1c(=NC(=O)C2CCCCC2)sc2cc3c(cc21)OCO3. The molecular weight excluding hydrogens is 368 g/mol. The largest absolute Gasteiger partial charge is 0.465 e. The number of fused-ring (bicyclic) bond motifs is 2. The molecule has 7 nitrogen and oxygen atoms in total. The van der Waals surface area contributed by atoms with E-state index >= 15 is 0 Å². The van der Waals surface area contributed by atoms with Crippen molar-refractivity contribution in [3.05, 3.63) is 16.9 Å². The fraction of sp³-hybridized carbons (Fsp3) is 0.526. The van der Waals surface area contributed by atoms with E-state index in [0.29, 0.717) is 22.9 Å². The third-order valence-corrected chi connectivity index (χ3v) is 5.97. The zero-order valence-electron chi connectivity index (χ0n) is 15.2. The maximum absolute atomic E-state index is 12.7. The van der Waals surface area contributed by atoms with E-state index in [-0.39, 0.29) is 31.1 Å². The summed E-state index contributed by atoms with van der Waals surface area (Å²) in [6.07, 6.45) is 5.11. The molecule has 2 aliphatic rings. The molecule has 0 unspecified atom stereocenters. The highest BCUT2D eigenvalue weighted by molar-refractivity contribution is 7.16. The first-order valence-corrected chi connectivity index (χ1v) is 10.1. The zero-order valence-corrected chi connectivity index (χ0v) is 16.0. The molecule has 27 heavy (non-hydrogen) atoms. The van der Waals surface area contributed by atoms with Gasteiger partial charge in [-0.3, -0.25) is 9.59 Å². The number of hydrogen-bond acceptors (Lipinski definition) is 6. The van der Waals surface area contributed by atoms with Gasteiger partial charge in [-0.2, -0.15) is 4.99 Å². The predicted molar refractivity (Wildman–Crippen MR) is 99.7 cm³/mol. The quantitative estimate of drug-likeness (QED) is 0.750. The molecule has 144 valence electrons. The summed E-state index contributed by atoms with van der Waals surface area (Å²) in [7, 11) is 0. The Hall–Kier alpha value is -2.35. The van der Waals surface area contributed by atoms with Gasteiger partial charge in [0.15, 0.2) is 16.3 Å². The molecule has 1 amide bonds. The molecule has 1 fully saturated rings. The number of nitrogens with zero attached hydrogens (tertiary/aromatic N) is 2. The summed E-state index contributed by atoms with van der Waals surface area (Å²) in [5, 5.41) is 0. The van der Waals surface area contributed by atoms with Crippen LogP contribution >= 0.6 is 11.3 Å². The number of esters is 1. The van der Waals surface area contributed by atoms with Crippen molar-refractivity contribution in [1.29, 1.82) is 0 Å². The molecule has 8 heteroatoms. The second kappa shape index (κ2) is 7.72. The van der Waals surface area contributed by atoms with Gasteiger partial charge < -0.3 is 18.8 Å². The predicted octanol–water partition coefficient (Wildman–Crippen LogP) is 3.00. The van der Waals surface area contributed by atoms with Gasteiger partial charge in [0.05, 0.1) is 16.8 Å². The zero-order chi connectivity index (χ0) is 18.8. The highest BCUT2D eigenvalue weighted by Gasteiger charge is 2.23. The van der Waals surface area contributed by atoms with Crippen LogP contribution in [0.25, 0.3) is 10.2 Å². The second-order valence-corrected chi connectivity index (χ2v) is 7.74. The molecule has 0 bridgehead atoms. The van der Waals surface area contributed by atoms with Gasteiger partial charge in [-0.15, -0.1) is 0 Å². The normalized spacial score (nSPS) is 17.4. The van der Waals surface area contributed by atoms with Gasteiger partial charge in [-0.1, -0.05) is 30.6 Å². The van der Waals surface area contributed by atoms with Gasteiger partial charge in [0.25, 0.3) is 5.91 Å². The number of rotatable bonds is 4. The first-order valence-electron chi connectivity index (χ1n) is 9.33. The van der Waals surface area contributed by atoms with E-state index in [1.54, 1.807) is 11.5 Å². The molecule has 0 N–H and O–H groups in total. The van der Waals surface area contributed by atoms with Gasteiger partial charge in [0, 0.05) is 18.1 Å². The van der Waals surface area contributed by atoms with Crippen LogP contribution in [0.2, 0.25) is 0 Å². The Labute approximate surface area is 160 Å². The Balaban J connectivity index is 1.76. The third-order valence-electron chi connectivity index (χ3n) is 4.93. The average molecular weight is 390 g/mol. The number of carbonyl (C=O) groups excluding carboxylic acids is 2. The van der Waals surface area contributed by atoms with Crippen molar-refractivity contribution in [3.63, 3.8) is 0 Å². The lowest BCUT2D eigenvalue weighted by atomic mass is 9.89. The Morgan fingerprint density at radius 1 is 1.22 bits per heavy atom. The van der Waals surface area contributed by atoms with Crippen LogP contribution in [0.4, 0.5) is 0 Å². The highest BCUT2D eigenvalue weighted by atomic mass is 32.1. The van der Waals surface area contributed by atoms with Crippen molar-refractivity contribution in [2.45, 2.75) is 45.6 Å². The standard InChI is InChI=1S/C19H22N2O5S/c1-2-24-17(22)10-21-13-8-14-15(26-11-25-14)9-16(13)27-19(21)20-18(23)12-6-4-3-5-7-12/h8-9,12H,2-7,10-11H2,1H3. The van der Waals surface area contributed by atoms with Gasteiger partial charge in [-0.05, 0) is 19.8 Å². The molecule has 2 aromatic rings. The third kappa shape index (κ3) is 3.71. The highest BCUT2D eigenvalue weighted by Crippen LogP contribution is 2.37. The molecule has 2 heterocycles. The lowest BCUT2D eigenvalue weighted by Gasteiger charge is -2.17. The summed E-state index contributed by atoms with van der Waals surface area (Å²) in [5.74, 6) is 0.817. The summed E-state index contributed by atoms with van der Waals surface area (Å²) in [6, 6.07) is 3.70. The van der Waals surface area contributed by atoms with Crippen LogP contribution in [-0.4, -0.2) is 29.8 Å². The average Bonchev–Trinajstić information content (AvgIpc) is 3.25. The van der Waals surface area contributed by atoms with Gasteiger partial charge in [0.2, 0.25) is 6.79 Å². The molecule has 0 spiro atoms. The second-order valence-electron chi connectivity index (χ2n) is 6.73. The topological polar surface area (TPSA) is 79.1 Å². The number of thiazole rings is 1. The van der Waals surface area contributed by atoms with Crippen molar-refractivity contribution in [3.8, 4) is 11.5 Å². The van der Waals surface area contributed by atoms with E-state index in [2.05, 4.69) is 4.99 Å². The summed E-state index contributed by atoms with van der Waals surface area (Å²) in [4.78, 5) is 29.7. The summed E-state index contributed by atoms with van der Waals surface area (Å²) >= 11 is 1.37. The minimum atomic E-state index is -0.360. The van der Waals surface area contributed by atoms with Crippen molar-refractivity contribution >= 4 is 33.4 Å². The van der Waals surface area contributed by atoms with Gasteiger partial charge in [-0.25, -0.2) is 0 Å². The van der Waals surface area contributed by atoms with Crippen molar-refractivity contribution in [1.82, 2.24) is 4.57 Å². The van der Waals surface area contributed by atoms with Crippen LogP contribution in [-0.2, 0) is 20.9 Å². The van der Waals surface area contributed by atoms with E-state index in [4.69, 9.17) is 14.2 Å². The van der Waals surface area contributed by atoms with Crippen LogP contribution in [0.15, 0.2) is 17.1 Å². The molecule has 0 atom stereocenters. The minimum absolute atomic E-state index is 0.00423. The van der Waals surface area contributed by atoms with E-state index < -0.39 is 0 Å². The van der Waals surface area contributed by atoms with E-state index in [1.165, 1.54) is 17.8 Å². The lowest BCUT2D eigenvalue weighted by molar-refractivity contribution is -0.143. The Morgan fingerprint density at radius 2 is 1.96 bits per heavy atom. The van der Waals surface area contributed by atoms with Gasteiger partial charge >= 0.3 is 5.97 Å². The summed E-state index contributed by atoms with van der Waals surface area (Å²) in [6.45, 7) is 2.26.